The molecule has 0 aliphatic carbocycles. The van der Waals surface area contributed by atoms with Crippen LogP contribution in [0.1, 0.15) is 18.5 Å². The molecule has 5 nitrogen and oxygen atoms in total. The van der Waals surface area contributed by atoms with Crippen LogP contribution in [0.2, 0.25) is 0 Å². The Morgan fingerprint density at radius 2 is 2.04 bits per heavy atom. The largest absolute Gasteiger partial charge is 0.399 e. The molecule has 128 valence electrons. The fourth-order valence-electron chi connectivity index (χ4n) is 3.63. The number of H-pyrrole nitrogens is 1. The molecule has 0 spiro atoms. The first-order chi connectivity index (χ1) is 12.2. The molecule has 0 saturated carbocycles. The molecule has 1 unspecified atom stereocenters. The fraction of sp³-hybridized carbons (Fsp3) is 0.316. The highest BCUT2D eigenvalue weighted by molar-refractivity contribution is 7.13. The molecule has 25 heavy (non-hydrogen) atoms. The Morgan fingerprint density at radius 3 is 2.80 bits per heavy atom. The van der Waals surface area contributed by atoms with E-state index in [9.17, 15) is 0 Å². The predicted molar refractivity (Wildman–Crippen MR) is 100 cm³/mol. The van der Waals surface area contributed by atoms with Gasteiger partial charge >= 0.3 is 0 Å². The van der Waals surface area contributed by atoms with E-state index in [-0.39, 0.29) is 5.72 Å². The summed E-state index contributed by atoms with van der Waals surface area (Å²) in [5, 5.41) is 3.09. The van der Waals surface area contributed by atoms with Crippen molar-refractivity contribution in [1.29, 1.82) is 0 Å². The molecule has 5 rings (SSSR count). The summed E-state index contributed by atoms with van der Waals surface area (Å²) in [6.07, 6.45) is 4.55. The highest BCUT2D eigenvalue weighted by atomic mass is 32.1. The lowest BCUT2D eigenvalue weighted by Gasteiger charge is -2.22. The molecule has 2 fully saturated rings. The standard InChI is InChI=1S/C19H20N4OS/c20-15-5-3-4-13(8-15)18-22-16(11-25-18)14-9-17(21-10-14)19(12-24-19)23-6-1-2-7-23/h3-5,8-11,21H,1-2,6-7,12,20H2. The number of aromatic nitrogens is 2. The van der Waals surface area contributed by atoms with Gasteiger partial charge in [0.1, 0.15) is 5.01 Å². The quantitative estimate of drug-likeness (QED) is 0.555. The van der Waals surface area contributed by atoms with E-state index in [2.05, 4.69) is 21.3 Å². The van der Waals surface area contributed by atoms with Gasteiger partial charge in [0.05, 0.1) is 18.0 Å². The van der Waals surface area contributed by atoms with Crippen LogP contribution >= 0.6 is 11.3 Å². The maximum atomic E-state index is 5.89. The minimum atomic E-state index is -0.221. The third kappa shape index (κ3) is 2.57. The average Bonchev–Trinajstić information content (AvgIpc) is 3.12. The summed E-state index contributed by atoms with van der Waals surface area (Å²) < 4.78 is 5.87. The van der Waals surface area contributed by atoms with Crippen LogP contribution in [0.3, 0.4) is 0 Å². The van der Waals surface area contributed by atoms with Crippen molar-refractivity contribution in [3.8, 4) is 21.8 Å². The summed E-state index contributed by atoms with van der Waals surface area (Å²) in [5.41, 5.74) is 10.7. The van der Waals surface area contributed by atoms with Crippen molar-refractivity contribution in [3.05, 3.63) is 47.6 Å². The minimum Gasteiger partial charge on any atom is -0.399 e. The number of benzene rings is 1. The number of likely N-dealkylation sites (tertiary alicyclic amines) is 1. The maximum absolute atomic E-state index is 5.89. The Morgan fingerprint density at radius 1 is 1.20 bits per heavy atom. The highest BCUT2D eigenvalue weighted by Crippen LogP contribution is 2.44. The summed E-state index contributed by atoms with van der Waals surface area (Å²) in [6, 6.07) is 10.0. The number of hydrogen-bond donors (Lipinski definition) is 2. The van der Waals surface area contributed by atoms with Crippen LogP contribution < -0.4 is 5.73 Å². The second-order valence-electron chi connectivity index (χ2n) is 6.73. The van der Waals surface area contributed by atoms with Gasteiger partial charge in [-0.2, -0.15) is 0 Å². The first-order valence-electron chi connectivity index (χ1n) is 8.64. The fourth-order valence-corrected chi connectivity index (χ4v) is 4.46. The lowest BCUT2D eigenvalue weighted by molar-refractivity contribution is 0.0978. The van der Waals surface area contributed by atoms with E-state index in [1.165, 1.54) is 12.8 Å². The number of epoxide rings is 1. The van der Waals surface area contributed by atoms with Crippen molar-refractivity contribution in [2.24, 2.45) is 0 Å². The number of nitrogens with zero attached hydrogens (tertiary/aromatic N) is 2. The van der Waals surface area contributed by atoms with Gasteiger partial charge in [-0.25, -0.2) is 4.98 Å². The van der Waals surface area contributed by atoms with Gasteiger partial charge in [-0.15, -0.1) is 11.3 Å². The summed E-state index contributed by atoms with van der Waals surface area (Å²) in [7, 11) is 0. The van der Waals surface area contributed by atoms with Crippen LogP contribution in [0.4, 0.5) is 5.69 Å². The zero-order valence-electron chi connectivity index (χ0n) is 13.9. The van der Waals surface area contributed by atoms with Crippen LogP contribution in [0, 0.1) is 0 Å². The topological polar surface area (TPSA) is 70.5 Å². The van der Waals surface area contributed by atoms with Crippen LogP contribution in [0.25, 0.3) is 21.8 Å². The molecule has 4 heterocycles. The van der Waals surface area contributed by atoms with Crippen molar-refractivity contribution in [2.45, 2.75) is 18.6 Å². The van der Waals surface area contributed by atoms with Gasteiger partial charge in [-0.05, 0) is 31.0 Å². The van der Waals surface area contributed by atoms with E-state index in [1.54, 1.807) is 11.3 Å². The number of nitrogens with two attached hydrogens (primary N) is 1. The zero-order valence-corrected chi connectivity index (χ0v) is 14.7. The normalized spacial score (nSPS) is 23.2. The van der Waals surface area contributed by atoms with E-state index >= 15 is 0 Å². The lowest BCUT2D eigenvalue weighted by atomic mass is 10.1. The zero-order chi connectivity index (χ0) is 16.9. The van der Waals surface area contributed by atoms with E-state index in [4.69, 9.17) is 15.5 Å². The molecule has 1 aromatic carbocycles. The van der Waals surface area contributed by atoms with E-state index < -0.39 is 0 Å². The number of ether oxygens (including phenoxy) is 1. The highest BCUT2D eigenvalue weighted by Gasteiger charge is 2.53. The maximum Gasteiger partial charge on any atom is 0.186 e. The molecule has 2 aliphatic rings. The van der Waals surface area contributed by atoms with Crippen molar-refractivity contribution in [2.75, 3.05) is 25.4 Å². The molecular formula is C19H20N4OS. The molecule has 2 saturated heterocycles. The first kappa shape index (κ1) is 15.1. The average molecular weight is 352 g/mol. The van der Waals surface area contributed by atoms with E-state index in [0.717, 1.165) is 52.9 Å². The Kier molecular flexibility index (Phi) is 3.45. The summed E-state index contributed by atoms with van der Waals surface area (Å²) >= 11 is 1.64. The monoisotopic (exact) mass is 352 g/mol. The van der Waals surface area contributed by atoms with Crippen LogP contribution in [-0.4, -0.2) is 34.6 Å². The number of nitrogen functional groups attached to an aromatic ring is 1. The number of thiazole rings is 1. The number of hydrogen-bond acceptors (Lipinski definition) is 5. The Hall–Kier alpha value is -2.15. The van der Waals surface area contributed by atoms with Crippen molar-refractivity contribution in [3.63, 3.8) is 0 Å². The molecule has 3 N–H and O–H groups in total. The Labute approximate surface area is 150 Å². The Balaban J connectivity index is 1.43. The van der Waals surface area contributed by atoms with Gasteiger partial charge in [-0.1, -0.05) is 12.1 Å². The summed E-state index contributed by atoms with van der Waals surface area (Å²) in [5.74, 6) is 0. The van der Waals surface area contributed by atoms with Gasteiger partial charge in [0, 0.05) is 41.5 Å². The minimum absolute atomic E-state index is 0.221. The molecule has 1 atom stereocenters. The second-order valence-corrected chi connectivity index (χ2v) is 7.59. The third-order valence-corrected chi connectivity index (χ3v) is 5.96. The smallest absolute Gasteiger partial charge is 0.186 e. The Bertz CT molecular complexity index is 906. The van der Waals surface area contributed by atoms with Gasteiger partial charge < -0.3 is 15.5 Å². The second kappa shape index (κ2) is 5.69. The molecule has 0 amide bonds. The van der Waals surface area contributed by atoms with Gasteiger partial charge in [0.15, 0.2) is 5.72 Å². The van der Waals surface area contributed by atoms with Crippen LogP contribution in [0.15, 0.2) is 41.9 Å². The number of rotatable bonds is 4. The van der Waals surface area contributed by atoms with Crippen molar-refractivity contribution in [1.82, 2.24) is 14.9 Å². The van der Waals surface area contributed by atoms with Gasteiger partial charge in [0.25, 0.3) is 0 Å². The number of nitrogens with one attached hydrogen (secondary N) is 1. The van der Waals surface area contributed by atoms with Crippen molar-refractivity contribution < 1.29 is 4.74 Å². The predicted octanol–water partition coefficient (Wildman–Crippen LogP) is 3.67. The summed E-state index contributed by atoms with van der Waals surface area (Å²) in [4.78, 5) is 10.7. The SMILES string of the molecule is Nc1cccc(-c2nc(-c3c[nH]c(C4(N5CCCC5)CO4)c3)cs2)c1. The molecule has 2 aromatic heterocycles. The first-order valence-corrected chi connectivity index (χ1v) is 9.52. The van der Waals surface area contributed by atoms with E-state index in [1.807, 2.05) is 30.5 Å². The van der Waals surface area contributed by atoms with Crippen LogP contribution in [-0.2, 0) is 10.5 Å². The van der Waals surface area contributed by atoms with Crippen molar-refractivity contribution >= 4 is 17.0 Å². The number of anilines is 1. The van der Waals surface area contributed by atoms with Crippen LogP contribution in [0.5, 0.6) is 0 Å². The summed E-state index contributed by atoms with van der Waals surface area (Å²) in [6.45, 7) is 3.01. The number of aromatic amines is 1. The molecule has 2 aliphatic heterocycles. The van der Waals surface area contributed by atoms with Gasteiger partial charge in [-0.3, -0.25) is 4.90 Å². The molecule has 6 heteroatoms. The lowest BCUT2D eigenvalue weighted by Crippen LogP contribution is -2.34. The molecule has 0 bridgehead atoms. The third-order valence-electron chi connectivity index (χ3n) is 5.07. The molecule has 3 aromatic rings. The van der Waals surface area contributed by atoms with Gasteiger partial charge in [0.2, 0.25) is 0 Å². The molecular weight excluding hydrogens is 332 g/mol. The van der Waals surface area contributed by atoms with E-state index in [0.29, 0.717) is 0 Å². The molecule has 0 radical (unpaired) electrons.